The van der Waals surface area contributed by atoms with Gasteiger partial charge in [-0.3, -0.25) is 20.4 Å². The molecule has 0 aliphatic rings. The minimum absolute atomic E-state index is 0.450. The van der Waals surface area contributed by atoms with Crippen molar-refractivity contribution < 1.29 is 14.7 Å². The number of carbonyl (C=O) groups excluding carboxylic acids is 1. The minimum atomic E-state index is -1.18. The van der Waals surface area contributed by atoms with Crippen LogP contribution in [0.1, 0.15) is 6.42 Å². The average Bonchev–Trinajstić information content (AvgIpc) is 2.15. The van der Waals surface area contributed by atoms with Crippen LogP contribution in [0.25, 0.3) is 0 Å². The van der Waals surface area contributed by atoms with Crippen molar-refractivity contribution in [2.24, 2.45) is 0 Å². The second-order valence-corrected chi connectivity index (χ2v) is 2.46. The lowest BCUT2D eigenvalue weighted by atomic mass is 10.4. The van der Waals surface area contributed by atoms with E-state index < -0.39 is 18.3 Å². The molecule has 74 valence electrons. The number of amides is 1. The lowest BCUT2D eigenvalue weighted by molar-refractivity contribution is -0.140. The molecule has 0 spiro atoms. The highest BCUT2D eigenvalue weighted by Gasteiger charge is 2.05. The fraction of sp³-hybridized carbons (Fsp3) is 0.125. The number of pyridine rings is 1. The van der Waals surface area contributed by atoms with Gasteiger partial charge >= 0.3 is 5.97 Å². The van der Waals surface area contributed by atoms with Crippen molar-refractivity contribution in [1.82, 2.24) is 10.4 Å². The number of aromatic nitrogens is 1. The quantitative estimate of drug-likeness (QED) is 0.464. The lowest BCUT2D eigenvalue weighted by Gasteiger charge is -2.05. The fourth-order valence-electron chi connectivity index (χ4n) is 0.752. The number of nitrogens with one attached hydrogen (secondary N) is 2. The molecule has 6 nitrogen and oxygen atoms in total. The van der Waals surface area contributed by atoms with Crippen molar-refractivity contribution in [1.29, 1.82) is 0 Å². The Labute approximate surface area is 79.9 Å². The number of hydrazine groups is 1. The van der Waals surface area contributed by atoms with Crippen molar-refractivity contribution in [3.63, 3.8) is 0 Å². The third kappa shape index (κ3) is 3.53. The number of anilines is 1. The molecule has 1 heterocycles. The van der Waals surface area contributed by atoms with Crippen LogP contribution in [-0.4, -0.2) is 22.0 Å². The molecule has 0 bridgehead atoms. The maximum absolute atomic E-state index is 10.8. The van der Waals surface area contributed by atoms with Gasteiger partial charge in [0.2, 0.25) is 5.91 Å². The average molecular weight is 195 g/mol. The maximum atomic E-state index is 10.8. The molecule has 3 N–H and O–H groups in total. The van der Waals surface area contributed by atoms with Crippen LogP contribution in [0.5, 0.6) is 0 Å². The summed E-state index contributed by atoms with van der Waals surface area (Å²) in [6.07, 6.45) is 0.978. The van der Waals surface area contributed by atoms with Crippen LogP contribution < -0.4 is 10.9 Å². The first kappa shape index (κ1) is 9.97. The van der Waals surface area contributed by atoms with Crippen molar-refractivity contribution in [2.75, 3.05) is 5.43 Å². The molecule has 0 aliphatic heterocycles. The molecule has 1 aromatic rings. The fourth-order valence-corrected chi connectivity index (χ4v) is 0.752. The molecule has 0 saturated heterocycles. The lowest BCUT2D eigenvalue weighted by Crippen LogP contribution is -2.31. The Morgan fingerprint density at radius 3 is 2.79 bits per heavy atom. The number of aliphatic carboxylic acids is 1. The summed E-state index contributed by atoms with van der Waals surface area (Å²) in [5.41, 5.74) is 4.67. The molecule has 1 amide bonds. The second kappa shape index (κ2) is 4.80. The van der Waals surface area contributed by atoms with Crippen molar-refractivity contribution in [3.8, 4) is 0 Å². The van der Waals surface area contributed by atoms with Gasteiger partial charge in [0.05, 0.1) is 0 Å². The number of carbonyl (C=O) groups is 2. The molecule has 1 aromatic heterocycles. The first-order valence-corrected chi connectivity index (χ1v) is 3.86. The van der Waals surface area contributed by atoms with Gasteiger partial charge in [0.15, 0.2) is 0 Å². The van der Waals surface area contributed by atoms with Crippen LogP contribution in [0.2, 0.25) is 0 Å². The summed E-state index contributed by atoms with van der Waals surface area (Å²) in [4.78, 5) is 24.8. The van der Waals surface area contributed by atoms with Gasteiger partial charge in [0.1, 0.15) is 12.2 Å². The first-order chi connectivity index (χ1) is 6.68. The Kier molecular flexibility index (Phi) is 3.42. The van der Waals surface area contributed by atoms with E-state index in [1.54, 1.807) is 24.4 Å². The maximum Gasteiger partial charge on any atom is 0.312 e. The number of carboxylic acids is 1. The van der Waals surface area contributed by atoms with Gasteiger partial charge in [0, 0.05) is 6.20 Å². The molecule has 6 heteroatoms. The highest BCUT2D eigenvalue weighted by Crippen LogP contribution is 1.96. The number of rotatable bonds is 4. The van der Waals surface area contributed by atoms with Gasteiger partial charge in [-0.1, -0.05) is 6.07 Å². The van der Waals surface area contributed by atoms with Gasteiger partial charge in [-0.2, -0.15) is 0 Å². The zero-order valence-corrected chi connectivity index (χ0v) is 7.23. The van der Waals surface area contributed by atoms with E-state index in [0.29, 0.717) is 5.82 Å². The Balaban J connectivity index is 2.34. The van der Waals surface area contributed by atoms with E-state index in [0.717, 1.165) is 0 Å². The second-order valence-electron chi connectivity index (χ2n) is 2.46. The van der Waals surface area contributed by atoms with Gasteiger partial charge in [0.25, 0.3) is 0 Å². The highest BCUT2D eigenvalue weighted by molar-refractivity contribution is 5.93. The van der Waals surface area contributed by atoms with Crippen LogP contribution in [0.3, 0.4) is 0 Å². The van der Waals surface area contributed by atoms with Crippen molar-refractivity contribution >= 4 is 17.7 Å². The zero-order valence-electron chi connectivity index (χ0n) is 7.23. The summed E-state index contributed by atoms with van der Waals surface area (Å²) in [6, 6.07) is 5.10. The summed E-state index contributed by atoms with van der Waals surface area (Å²) in [5, 5.41) is 8.28. The molecule has 0 aliphatic carbocycles. The SMILES string of the molecule is O=C(O)CC(=O)NNc1ccccn1. The van der Waals surface area contributed by atoms with Crippen molar-refractivity contribution in [2.45, 2.75) is 6.42 Å². The van der Waals surface area contributed by atoms with Gasteiger partial charge in [-0.05, 0) is 12.1 Å². The molecule has 0 radical (unpaired) electrons. The molecule has 0 atom stereocenters. The Morgan fingerprint density at radius 2 is 2.21 bits per heavy atom. The van der Waals surface area contributed by atoms with E-state index in [2.05, 4.69) is 15.8 Å². The molecule has 1 rings (SSSR count). The van der Waals surface area contributed by atoms with Gasteiger partial charge < -0.3 is 5.11 Å². The first-order valence-electron chi connectivity index (χ1n) is 3.86. The normalized spacial score (nSPS) is 9.14. The number of hydrogen-bond donors (Lipinski definition) is 3. The van der Waals surface area contributed by atoms with Crippen LogP contribution in [0, 0.1) is 0 Å². The van der Waals surface area contributed by atoms with Crippen LogP contribution >= 0.6 is 0 Å². The number of hydrogen-bond acceptors (Lipinski definition) is 4. The number of carboxylic acid groups (broad SMARTS) is 1. The molecule has 0 saturated carbocycles. The third-order valence-electron chi connectivity index (χ3n) is 1.31. The minimum Gasteiger partial charge on any atom is -0.481 e. The van der Waals surface area contributed by atoms with Gasteiger partial charge in [-0.25, -0.2) is 4.98 Å². The van der Waals surface area contributed by atoms with Crippen LogP contribution in [0.15, 0.2) is 24.4 Å². The van der Waals surface area contributed by atoms with E-state index in [1.165, 1.54) is 0 Å². The van der Waals surface area contributed by atoms with E-state index in [4.69, 9.17) is 5.11 Å². The highest BCUT2D eigenvalue weighted by atomic mass is 16.4. The zero-order chi connectivity index (χ0) is 10.4. The van der Waals surface area contributed by atoms with Crippen LogP contribution in [-0.2, 0) is 9.59 Å². The Hall–Kier alpha value is -2.11. The predicted molar refractivity (Wildman–Crippen MR) is 48.3 cm³/mol. The van der Waals surface area contributed by atoms with E-state index in [9.17, 15) is 9.59 Å². The topological polar surface area (TPSA) is 91.3 Å². The Bertz CT molecular complexity index is 326. The van der Waals surface area contributed by atoms with E-state index in [1.807, 2.05) is 0 Å². The smallest absolute Gasteiger partial charge is 0.312 e. The van der Waals surface area contributed by atoms with Gasteiger partial charge in [-0.15, -0.1) is 0 Å². The summed E-state index contributed by atoms with van der Waals surface area (Å²) >= 11 is 0. The van der Waals surface area contributed by atoms with E-state index in [-0.39, 0.29) is 0 Å². The summed E-state index contributed by atoms with van der Waals surface area (Å²) in [5.74, 6) is -1.35. The predicted octanol–water partition coefficient (Wildman–Crippen LogP) is -0.000600. The number of nitrogens with zero attached hydrogens (tertiary/aromatic N) is 1. The molecular weight excluding hydrogens is 186 g/mol. The Morgan fingerprint density at radius 1 is 1.43 bits per heavy atom. The van der Waals surface area contributed by atoms with Crippen molar-refractivity contribution in [3.05, 3.63) is 24.4 Å². The molecule has 0 fully saturated rings. The standard InChI is InChI=1S/C8H9N3O3/c12-7(5-8(13)14)11-10-6-3-1-2-4-9-6/h1-4H,5H2,(H,9,10)(H,11,12)(H,13,14). The third-order valence-corrected chi connectivity index (χ3v) is 1.31. The molecule has 14 heavy (non-hydrogen) atoms. The molecular formula is C8H9N3O3. The molecule has 0 unspecified atom stereocenters. The summed E-state index contributed by atoms with van der Waals surface area (Å²) in [6.45, 7) is 0. The van der Waals surface area contributed by atoms with E-state index >= 15 is 0 Å². The largest absolute Gasteiger partial charge is 0.481 e. The monoisotopic (exact) mass is 195 g/mol. The molecule has 0 aromatic carbocycles. The summed E-state index contributed by atoms with van der Waals surface area (Å²) in [7, 11) is 0. The summed E-state index contributed by atoms with van der Waals surface area (Å²) < 4.78 is 0. The van der Waals surface area contributed by atoms with Crippen LogP contribution in [0.4, 0.5) is 5.82 Å².